The van der Waals surface area contributed by atoms with E-state index in [4.69, 9.17) is 11.6 Å². The number of hydrogen-bond acceptors (Lipinski definition) is 4. The third kappa shape index (κ3) is 3.70. The Balaban J connectivity index is 1.57. The highest BCUT2D eigenvalue weighted by Crippen LogP contribution is 2.37. The second-order valence-corrected chi connectivity index (χ2v) is 10.6. The van der Waals surface area contributed by atoms with Crippen LogP contribution in [0.2, 0.25) is 5.02 Å². The van der Waals surface area contributed by atoms with Gasteiger partial charge in [-0.2, -0.15) is 4.31 Å². The van der Waals surface area contributed by atoms with E-state index in [1.54, 1.807) is 23.4 Å². The van der Waals surface area contributed by atoms with Gasteiger partial charge in [0.25, 0.3) is 5.91 Å². The lowest BCUT2D eigenvalue weighted by atomic mass is 10.0. The third-order valence-electron chi connectivity index (χ3n) is 5.23. The van der Waals surface area contributed by atoms with Gasteiger partial charge in [0, 0.05) is 42.0 Å². The fourth-order valence-corrected chi connectivity index (χ4v) is 6.60. The topological polar surface area (TPSA) is 71.4 Å². The van der Waals surface area contributed by atoms with E-state index in [1.807, 2.05) is 18.2 Å². The first-order valence-electron chi connectivity index (χ1n) is 9.26. The Bertz CT molecular complexity index is 1010. The van der Waals surface area contributed by atoms with Gasteiger partial charge in [0.05, 0.1) is 6.04 Å². The third-order valence-corrected chi connectivity index (χ3v) is 8.45. The lowest BCUT2D eigenvalue weighted by Crippen LogP contribution is -2.31. The number of benzene rings is 1. The molecular formula is C19H22ClN3O3S2. The molecule has 2 aliphatic rings. The highest BCUT2D eigenvalue weighted by molar-refractivity contribution is 7.99. The van der Waals surface area contributed by atoms with E-state index in [9.17, 15) is 13.2 Å². The molecule has 0 spiro atoms. The van der Waals surface area contributed by atoms with Gasteiger partial charge in [0.15, 0.2) is 0 Å². The highest BCUT2D eigenvalue weighted by Gasteiger charge is 2.30. The summed E-state index contributed by atoms with van der Waals surface area (Å²) in [6.45, 7) is 1.08. The quantitative estimate of drug-likeness (QED) is 0.792. The van der Waals surface area contributed by atoms with Crippen LogP contribution in [0, 0.1) is 0 Å². The first-order chi connectivity index (χ1) is 13.4. The number of halogens is 1. The Morgan fingerprint density at radius 1 is 1.25 bits per heavy atom. The van der Waals surface area contributed by atoms with E-state index in [-0.39, 0.29) is 16.8 Å². The summed E-state index contributed by atoms with van der Waals surface area (Å²) in [4.78, 5) is 14.2. The maximum atomic E-state index is 12.9. The minimum atomic E-state index is -3.55. The zero-order valence-electron chi connectivity index (χ0n) is 15.5. The van der Waals surface area contributed by atoms with Crippen molar-refractivity contribution < 1.29 is 13.2 Å². The summed E-state index contributed by atoms with van der Waals surface area (Å²) in [5, 5.41) is 3.69. The fourth-order valence-electron chi connectivity index (χ4n) is 3.73. The number of aromatic nitrogens is 1. The number of rotatable bonds is 4. The second kappa shape index (κ2) is 7.74. The number of nitrogens with one attached hydrogen (secondary N) is 1. The zero-order valence-corrected chi connectivity index (χ0v) is 17.9. The van der Waals surface area contributed by atoms with Crippen LogP contribution in [0.3, 0.4) is 0 Å². The van der Waals surface area contributed by atoms with Crippen LogP contribution in [0.25, 0.3) is 0 Å². The smallest absolute Gasteiger partial charge is 0.268 e. The number of fused-ring (bicyclic) bond motifs is 1. The SMILES string of the molecule is Cn1cc(S(=O)(=O)N2CCCC2)cc1C(=O)N[C@@H]1CCSc2ccc(Cl)cc21. The van der Waals surface area contributed by atoms with Crippen molar-refractivity contribution in [2.45, 2.75) is 35.1 Å². The predicted octanol–water partition coefficient (Wildman–Crippen LogP) is 3.43. The molecule has 3 heterocycles. The van der Waals surface area contributed by atoms with Gasteiger partial charge in [0.1, 0.15) is 10.6 Å². The van der Waals surface area contributed by atoms with E-state index in [1.165, 1.54) is 16.6 Å². The predicted molar refractivity (Wildman–Crippen MR) is 110 cm³/mol. The molecule has 4 rings (SSSR count). The number of amides is 1. The Kier molecular flexibility index (Phi) is 5.48. The molecule has 28 heavy (non-hydrogen) atoms. The first-order valence-corrected chi connectivity index (χ1v) is 12.1. The minimum absolute atomic E-state index is 0.143. The number of carbonyl (C=O) groups is 1. The Hall–Kier alpha value is -1.48. The number of aryl methyl sites for hydroxylation is 1. The van der Waals surface area contributed by atoms with E-state index >= 15 is 0 Å². The number of nitrogens with zero attached hydrogens (tertiary/aromatic N) is 2. The van der Waals surface area contributed by atoms with Crippen molar-refractivity contribution in [3.8, 4) is 0 Å². The molecule has 0 unspecified atom stereocenters. The van der Waals surface area contributed by atoms with E-state index in [2.05, 4.69) is 5.32 Å². The van der Waals surface area contributed by atoms with Gasteiger partial charge in [-0.3, -0.25) is 4.79 Å². The summed E-state index contributed by atoms with van der Waals surface area (Å²) in [6, 6.07) is 7.05. The number of carbonyl (C=O) groups excluding carboxylic acids is 1. The van der Waals surface area contributed by atoms with Crippen molar-refractivity contribution in [2.75, 3.05) is 18.8 Å². The van der Waals surface area contributed by atoms with Crippen LogP contribution in [-0.2, 0) is 17.1 Å². The number of sulfonamides is 1. The number of thioether (sulfide) groups is 1. The highest BCUT2D eigenvalue weighted by atomic mass is 35.5. The molecule has 0 radical (unpaired) electrons. The molecule has 150 valence electrons. The van der Waals surface area contributed by atoms with Crippen LogP contribution in [0.1, 0.15) is 41.4 Å². The molecule has 6 nitrogen and oxygen atoms in total. The Morgan fingerprint density at radius 3 is 2.75 bits per heavy atom. The molecule has 1 fully saturated rings. The first kappa shape index (κ1) is 19.8. The molecule has 0 bridgehead atoms. The van der Waals surface area contributed by atoms with Crippen LogP contribution in [-0.4, -0.2) is 42.0 Å². The maximum absolute atomic E-state index is 12.9. The van der Waals surface area contributed by atoms with Gasteiger partial charge in [-0.1, -0.05) is 11.6 Å². The average Bonchev–Trinajstić information content (AvgIpc) is 3.32. The largest absolute Gasteiger partial charge is 0.345 e. The van der Waals surface area contributed by atoms with Gasteiger partial charge in [-0.05, 0) is 49.1 Å². The lowest BCUT2D eigenvalue weighted by Gasteiger charge is -2.26. The molecule has 1 amide bonds. The van der Waals surface area contributed by atoms with E-state index in [0.717, 1.165) is 35.5 Å². The van der Waals surface area contributed by atoms with Crippen LogP contribution in [0.15, 0.2) is 40.3 Å². The van der Waals surface area contributed by atoms with Crippen molar-refractivity contribution in [3.63, 3.8) is 0 Å². The van der Waals surface area contributed by atoms with E-state index < -0.39 is 10.0 Å². The van der Waals surface area contributed by atoms with Gasteiger partial charge in [-0.15, -0.1) is 11.8 Å². The molecule has 1 saturated heterocycles. The van der Waals surface area contributed by atoms with Crippen LogP contribution < -0.4 is 5.32 Å². The standard InChI is InChI=1S/C19H22ClN3O3S2/c1-22-12-14(28(25,26)23-7-2-3-8-23)11-17(22)19(24)21-16-6-9-27-18-5-4-13(20)10-15(16)18/h4-5,10-12,16H,2-3,6-9H2,1H3,(H,21,24)/t16-/m1/s1. The second-order valence-electron chi connectivity index (χ2n) is 7.13. The molecule has 2 aliphatic heterocycles. The molecule has 1 aromatic carbocycles. The minimum Gasteiger partial charge on any atom is -0.345 e. The lowest BCUT2D eigenvalue weighted by molar-refractivity contribution is 0.0926. The summed E-state index contributed by atoms with van der Waals surface area (Å²) < 4.78 is 28.6. The summed E-state index contributed by atoms with van der Waals surface area (Å²) in [6.07, 6.45) is 4.07. The van der Waals surface area contributed by atoms with E-state index in [0.29, 0.717) is 23.8 Å². The number of hydrogen-bond donors (Lipinski definition) is 1. The van der Waals surface area contributed by atoms with Crippen LogP contribution in [0.4, 0.5) is 0 Å². The van der Waals surface area contributed by atoms with Crippen LogP contribution in [0.5, 0.6) is 0 Å². The zero-order chi connectivity index (χ0) is 19.9. The maximum Gasteiger partial charge on any atom is 0.268 e. The average molecular weight is 440 g/mol. The summed E-state index contributed by atoms with van der Waals surface area (Å²) in [7, 11) is -1.86. The summed E-state index contributed by atoms with van der Waals surface area (Å²) in [5.74, 6) is 0.620. The monoisotopic (exact) mass is 439 g/mol. The molecule has 1 N–H and O–H groups in total. The molecular weight excluding hydrogens is 418 g/mol. The molecule has 0 aliphatic carbocycles. The normalized spacial score (nSPS) is 20.1. The molecule has 2 aromatic rings. The Labute approximate surface area is 174 Å². The van der Waals surface area contributed by atoms with Crippen molar-refractivity contribution in [2.24, 2.45) is 7.05 Å². The van der Waals surface area contributed by atoms with Crippen molar-refractivity contribution in [1.29, 1.82) is 0 Å². The fraction of sp³-hybridized carbons (Fsp3) is 0.421. The molecule has 0 saturated carbocycles. The van der Waals surface area contributed by atoms with Crippen molar-refractivity contribution >= 4 is 39.3 Å². The van der Waals surface area contributed by atoms with Gasteiger partial charge < -0.3 is 9.88 Å². The van der Waals surface area contributed by atoms with Gasteiger partial charge in [-0.25, -0.2) is 8.42 Å². The molecule has 1 atom stereocenters. The molecule has 1 aromatic heterocycles. The molecule has 9 heteroatoms. The van der Waals surface area contributed by atoms with Gasteiger partial charge in [0.2, 0.25) is 10.0 Å². The van der Waals surface area contributed by atoms with Crippen LogP contribution >= 0.6 is 23.4 Å². The van der Waals surface area contributed by atoms with Crippen molar-refractivity contribution in [3.05, 3.63) is 46.7 Å². The Morgan fingerprint density at radius 2 is 2.00 bits per heavy atom. The van der Waals surface area contributed by atoms with Crippen molar-refractivity contribution in [1.82, 2.24) is 14.2 Å². The van der Waals surface area contributed by atoms with Gasteiger partial charge >= 0.3 is 0 Å². The summed E-state index contributed by atoms with van der Waals surface area (Å²) in [5.41, 5.74) is 1.34. The summed E-state index contributed by atoms with van der Waals surface area (Å²) >= 11 is 7.89.